The molecule has 0 unspecified atom stereocenters. The lowest BCUT2D eigenvalue weighted by Gasteiger charge is -2.25. The largest absolute Gasteiger partial charge is 0.302 e. The van der Waals surface area contributed by atoms with E-state index in [1.165, 1.54) is 0 Å². The van der Waals surface area contributed by atoms with Gasteiger partial charge in [0.2, 0.25) is 0 Å². The lowest BCUT2D eigenvalue weighted by Crippen LogP contribution is -2.29. The van der Waals surface area contributed by atoms with Crippen molar-refractivity contribution in [3.05, 3.63) is 154 Å². The third-order valence-electron chi connectivity index (χ3n) is 8.12. The van der Waals surface area contributed by atoms with Gasteiger partial charge in [0, 0.05) is 11.1 Å². The van der Waals surface area contributed by atoms with E-state index in [-0.39, 0.29) is 11.8 Å². The first-order chi connectivity index (χ1) is 23.3. The number of hydrogen-bond acceptors (Lipinski definition) is 4. The zero-order valence-electron chi connectivity index (χ0n) is 27.8. The molecule has 2 aliphatic heterocycles. The highest BCUT2D eigenvalue weighted by Crippen LogP contribution is 2.47. The Labute approximate surface area is 283 Å². The van der Waals surface area contributed by atoms with E-state index in [0.29, 0.717) is 48.7 Å². The van der Waals surface area contributed by atoms with E-state index in [4.69, 9.17) is 0 Å². The van der Waals surface area contributed by atoms with Crippen molar-refractivity contribution in [1.82, 2.24) is 19.6 Å². The van der Waals surface area contributed by atoms with E-state index in [9.17, 15) is 9.59 Å². The van der Waals surface area contributed by atoms with Gasteiger partial charge in [-0.3, -0.25) is 19.4 Å². The number of amides is 2. The van der Waals surface area contributed by atoms with Crippen molar-refractivity contribution in [2.45, 2.75) is 13.1 Å². The fraction of sp³-hybridized carbons (Fsp3) is 0.190. The molecular formula is C42H38N4O2. The molecule has 0 aromatic heterocycles. The maximum absolute atomic E-state index is 14.6. The van der Waals surface area contributed by atoms with E-state index in [2.05, 4.69) is 23.7 Å². The Hall–Kier alpha value is -5.66. The van der Waals surface area contributed by atoms with Gasteiger partial charge in [0.15, 0.2) is 0 Å². The molecule has 0 N–H and O–H groups in total. The van der Waals surface area contributed by atoms with E-state index in [0.717, 1.165) is 33.4 Å². The second-order valence-corrected chi connectivity index (χ2v) is 12.4. The molecule has 0 fully saturated rings. The van der Waals surface area contributed by atoms with Gasteiger partial charge in [0.1, 0.15) is 0 Å². The number of fused-ring (bicyclic) bond motifs is 1. The van der Waals surface area contributed by atoms with Gasteiger partial charge in [-0.15, -0.1) is 0 Å². The van der Waals surface area contributed by atoms with Gasteiger partial charge in [-0.25, -0.2) is 0 Å². The third kappa shape index (κ3) is 7.01. The number of hydrogen-bond donors (Lipinski definition) is 0. The van der Waals surface area contributed by atoms with Gasteiger partial charge in [0.25, 0.3) is 11.8 Å². The average Bonchev–Trinajstić information content (AvgIpc) is 3.52. The van der Waals surface area contributed by atoms with Crippen molar-refractivity contribution in [2.75, 3.05) is 41.3 Å². The molecule has 0 saturated heterocycles. The van der Waals surface area contributed by atoms with Crippen LogP contribution in [0.5, 0.6) is 0 Å². The van der Waals surface area contributed by atoms with Crippen LogP contribution in [0.2, 0.25) is 0 Å². The Morgan fingerprint density at radius 1 is 0.500 bits per heavy atom. The second-order valence-electron chi connectivity index (χ2n) is 12.4. The van der Waals surface area contributed by atoms with Gasteiger partial charge >= 0.3 is 0 Å². The minimum Gasteiger partial charge on any atom is -0.302 e. The first kappa shape index (κ1) is 32.3. The van der Waals surface area contributed by atoms with Crippen molar-refractivity contribution in [2.24, 2.45) is 0 Å². The molecule has 6 heteroatoms. The minimum atomic E-state index is -0.188. The van der Waals surface area contributed by atoms with Gasteiger partial charge in [-0.1, -0.05) is 109 Å². The summed E-state index contributed by atoms with van der Waals surface area (Å²) in [6.07, 6.45) is 0. The SMILES string of the molecule is CN(C)CC#Cc1ccc(C2=C3C(=O)N(Cc4ccccc4)C(c4ccc(C#CCN(C)C)cc4)=C3C(=O)N2Cc2ccccc2)cc1. The zero-order valence-corrected chi connectivity index (χ0v) is 27.8. The Morgan fingerprint density at radius 3 is 1.19 bits per heavy atom. The number of benzene rings is 4. The minimum absolute atomic E-state index is 0.188. The summed E-state index contributed by atoms with van der Waals surface area (Å²) < 4.78 is 0. The smallest absolute Gasteiger partial charge is 0.261 e. The topological polar surface area (TPSA) is 47.1 Å². The number of rotatable bonds is 8. The third-order valence-corrected chi connectivity index (χ3v) is 8.12. The predicted octanol–water partition coefficient (Wildman–Crippen LogP) is 5.72. The molecule has 0 saturated carbocycles. The first-order valence-corrected chi connectivity index (χ1v) is 16.0. The summed E-state index contributed by atoms with van der Waals surface area (Å²) in [6.45, 7) is 1.99. The maximum atomic E-state index is 14.6. The van der Waals surface area contributed by atoms with Crippen LogP contribution < -0.4 is 0 Å². The van der Waals surface area contributed by atoms with Crippen molar-refractivity contribution >= 4 is 23.2 Å². The summed E-state index contributed by atoms with van der Waals surface area (Å²) in [6, 6.07) is 35.4. The lowest BCUT2D eigenvalue weighted by molar-refractivity contribution is -0.124. The molecule has 0 bridgehead atoms. The molecular weight excluding hydrogens is 592 g/mol. The molecule has 4 aromatic rings. The predicted molar refractivity (Wildman–Crippen MR) is 192 cm³/mol. The standard InChI is InChI=1S/C42H38N4O2/c1-43(2)27-11-17-31-19-23-35(24-20-31)39-37-38(42(48)45(39)29-33-13-7-5-8-14-33)40(46(41(37)47)30-34-15-9-6-10-16-34)36-25-21-32(22-26-36)18-12-28-44(3)4/h5-10,13-16,19-26H,27-30H2,1-4H3. The van der Waals surface area contributed by atoms with E-state index in [1.54, 1.807) is 9.80 Å². The van der Waals surface area contributed by atoms with Crippen molar-refractivity contribution in [1.29, 1.82) is 0 Å². The van der Waals surface area contributed by atoms with Gasteiger partial charge < -0.3 is 9.80 Å². The van der Waals surface area contributed by atoms with Crippen LogP contribution in [0.4, 0.5) is 0 Å². The van der Waals surface area contributed by atoms with Gasteiger partial charge in [-0.2, -0.15) is 0 Å². The molecule has 238 valence electrons. The molecule has 0 aliphatic carbocycles. The van der Waals surface area contributed by atoms with Crippen molar-refractivity contribution in [3.63, 3.8) is 0 Å². The van der Waals surface area contributed by atoms with Crippen LogP contribution >= 0.6 is 0 Å². The Kier molecular flexibility index (Phi) is 9.69. The quantitative estimate of drug-likeness (QED) is 0.234. The van der Waals surface area contributed by atoms with Crippen LogP contribution in [-0.4, -0.2) is 72.7 Å². The molecule has 6 rings (SSSR count). The average molecular weight is 631 g/mol. The lowest BCUT2D eigenvalue weighted by atomic mass is 10.0. The van der Waals surface area contributed by atoms with Crippen LogP contribution in [0.1, 0.15) is 33.4 Å². The highest BCUT2D eigenvalue weighted by molar-refractivity contribution is 6.30. The fourth-order valence-electron chi connectivity index (χ4n) is 5.85. The van der Waals surface area contributed by atoms with E-state index < -0.39 is 0 Å². The van der Waals surface area contributed by atoms with E-state index in [1.807, 2.05) is 147 Å². The Balaban J connectivity index is 1.49. The van der Waals surface area contributed by atoms with Crippen LogP contribution in [0.25, 0.3) is 11.4 Å². The van der Waals surface area contributed by atoms with Crippen LogP contribution in [0.3, 0.4) is 0 Å². The first-order valence-electron chi connectivity index (χ1n) is 16.0. The monoisotopic (exact) mass is 630 g/mol. The van der Waals surface area contributed by atoms with Gasteiger partial charge in [-0.05, 0) is 74.7 Å². The molecule has 2 aliphatic rings. The maximum Gasteiger partial charge on any atom is 0.261 e. The summed E-state index contributed by atoms with van der Waals surface area (Å²) in [7, 11) is 7.94. The summed E-state index contributed by atoms with van der Waals surface area (Å²) in [4.78, 5) is 36.8. The zero-order chi connectivity index (χ0) is 33.6. The molecule has 0 radical (unpaired) electrons. The molecule has 6 nitrogen and oxygen atoms in total. The Morgan fingerprint density at radius 2 is 0.854 bits per heavy atom. The van der Waals surface area contributed by atoms with E-state index >= 15 is 0 Å². The van der Waals surface area contributed by atoms with Crippen LogP contribution in [0, 0.1) is 23.7 Å². The molecule has 2 amide bonds. The van der Waals surface area contributed by atoms with Crippen molar-refractivity contribution in [3.8, 4) is 23.7 Å². The summed E-state index contributed by atoms with van der Waals surface area (Å²) in [5.41, 5.74) is 7.40. The fourth-order valence-corrected chi connectivity index (χ4v) is 5.85. The molecule has 48 heavy (non-hydrogen) atoms. The Bertz CT molecular complexity index is 1850. The number of nitrogens with zero attached hydrogens (tertiary/aromatic N) is 4. The highest BCUT2D eigenvalue weighted by atomic mass is 16.2. The number of carbonyl (C=O) groups is 2. The molecule has 4 aromatic carbocycles. The molecule has 0 atom stereocenters. The van der Waals surface area contributed by atoms with Crippen LogP contribution in [-0.2, 0) is 22.7 Å². The highest BCUT2D eigenvalue weighted by Gasteiger charge is 2.48. The number of carbonyl (C=O) groups excluding carboxylic acids is 2. The summed E-state index contributed by atoms with van der Waals surface area (Å²) in [5.74, 6) is 12.4. The summed E-state index contributed by atoms with van der Waals surface area (Å²) >= 11 is 0. The van der Waals surface area contributed by atoms with Crippen LogP contribution in [0.15, 0.2) is 120 Å². The normalized spacial score (nSPS) is 14.0. The molecule has 0 spiro atoms. The van der Waals surface area contributed by atoms with Crippen molar-refractivity contribution < 1.29 is 9.59 Å². The summed E-state index contributed by atoms with van der Waals surface area (Å²) in [5, 5.41) is 0. The van der Waals surface area contributed by atoms with Gasteiger partial charge in [0.05, 0.1) is 48.7 Å². The second kappa shape index (κ2) is 14.4. The molecule has 2 heterocycles.